The van der Waals surface area contributed by atoms with Crippen molar-refractivity contribution in [3.8, 4) is 33.8 Å². The Balaban J connectivity index is 0.000000221. The highest BCUT2D eigenvalue weighted by atomic mass is 79.9. The third-order valence-electron chi connectivity index (χ3n) is 7.59. The molecule has 0 aliphatic rings. The number of anilines is 4. The Morgan fingerprint density at radius 1 is 0.603 bits per heavy atom. The fraction of sp³-hybridized carbons (Fsp3) is 0.0769. The van der Waals surface area contributed by atoms with Gasteiger partial charge in [-0.15, -0.1) is 26.3 Å². The van der Waals surface area contributed by atoms with Gasteiger partial charge in [-0.3, -0.25) is 0 Å². The molecule has 0 radical (unpaired) electrons. The highest BCUT2D eigenvalue weighted by Crippen LogP contribution is 2.33. The summed E-state index contributed by atoms with van der Waals surface area (Å²) in [7, 11) is 0. The first-order chi connectivity index (χ1) is 27.2. The molecule has 300 valence electrons. The van der Waals surface area contributed by atoms with E-state index in [-0.39, 0.29) is 34.1 Å². The number of ether oxygens (including phenoxy) is 2. The third-order valence-corrected chi connectivity index (χ3v) is 8.02. The number of halogens is 9. The van der Waals surface area contributed by atoms with Gasteiger partial charge in [0, 0.05) is 16.9 Å². The largest absolute Gasteiger partial charge is 0.573 e. The smallest absolute Gasteiger partial charge is 0.478 e. The van der Waals surface area contributed by atoms with Crippen LogP contribution in [0.3, 0.4) is 0 Å². The van der Waals surface area contributed by atoms with Crippen molar-refractivity contribution in [2.45, 2.75) is 19.6 Å². The Bertz CT molecular complexity index is 2310. The Morgan fingerprint density at radius 2 is 1.02 bits per heavy atom. The molecular formula is C39H25BrF8N4O6. The molecule has 0 amide bonds. The first kappa shape index (κ1) is 42.4. The van der Waals surface area contributed by atoms with E-state index >= 15 is 0 Å². The summed E-state index contributed by atoms with van der Waals surface area (Å²) in [6, 6.07) is 20.8. The minimum atomic E-state index is -4.84. The lowest BCUT2D eigenvalue weighted by molar-refractivity contribution is -0.275. The molecule has 58 heavy (non-hydrogen) atoms. The first-order valence-electron chi connectivity index (χ1n) is 16.2. The summed E-state index contributed by atoms with van der Waals surface area (Å²) in [5, 5.41) is 23.8. The van der Waals surface area contributed by atoms with Gasteiger partial charge >= 0.3 is 24.7 Å². The number of nitrogens with zero attached hydrogens (tertiary/aromatic N) is 2. The van der Waals surface area contributed by atoms with Gasteiger partial charge in [0.25, 0.3) is 0 Å². The number of aromatic carboxylic acids is 2. The van der Waals surface area contributed by atoms with Crippen molar-refractivity contribution in [3.63, 3.8) is 0 Å². The molecule has 4 N–H and O–H groups in total. The fourth-order valence-corrected chi connectivity index (χ4v) is 5.46. The molecule has 0 saturated carbocycles. The maximum absolute atomic E-state index is 14.6. The van der Waals surface area contributed by atoms with Crippen LogP contribution in [-0.4, -0.2) is 44.8 Å². The molecule has 0 bridgehead atoms. The fourth-order valence-electron chi connectivity index (χ4n) is 5.13. The Hall–Kier alpha value is -6.76. The molecule has 10 nitrogen and oxygen atoms in total. The molecule has 19 heteroatoms. The molecule has 0 saturated heterocycles. The van der Waals surface area contributed by atoms with Crippen LogP contribution in [0.5, 0.6) is 11.5 Å². The zero-order valence-electron chi connectivity index (χ0n) is 29.2. The van der Waals surface area contributed by atoms with Gasteiger partial charge in [0.1, 0.15) is 45.9 Å². The number of carboxylic acid groups (broad SMARTS) is 2. The van der Waals surface area contributed by atoms with Crippen molar-refractivity contribution in [2.24, 2.45) is 0 Å². The molecule has 2 aromatic heterocycles. The number of rotatable bonds is 10. The van der Waals surface area contributed by atoms with Crippen molar-refractivity contribution in [1.29, 1.82) is 0 Å². The number of carboxylic acids is 2. The van der Waals surface area contributed by atoms with Gasteiger partial charge in [0.05, 0.1) is 11.4 Å². The molecule has 0 aliphatic heterocycles. The number of hydrogen-bond donors (Lipinski definition) is 4. The minimum absolute atomic E-state index is 0.0321. The van der Waals surface area contributed by atoms with Gasteiger partial charge < -0.3 is 30.3 Å². The van der Waals surface area contributed by atoms with Crippen LogP contribution in [0.4, 0.5) is 58.1 Å². The van der Waals surface area contributed by atoms with E-state index < -0.39 is 47.8 Å². The monoisotopic (exact) mass is 876 g/mol. The summed E-state index contributed by atoms with van der Waals surface area (Å²) in [5.74, 6) is -4.89. The number of hydrogen-bond acceptors (Lipinski definition) is 8. The summed E-state index contributed by atoms with van der Waals surface area (Å²) in [6.07, 6.45) is -6.88. The number of aromatic nitrogens is 2. The highest BCUT2D eigenvalue weighted by Gasteiger charge is 2.32. The van der Waals surface area contributed by atoms with Crippen LogP contribution >= 0.6 is 15.9 Å². The van der Waals surface area contributed by atoms with E-state index in [1.165, 1.54) is 73.1 Å². The maximum Gasteiger partial charge on any atom is 0.573 e. The van der Waals surface area contributed by atoms with Crippen molar-refractivity contribution in [2.75, 3.05) is 10.6 Å². The standard InChI is InChI=1S/C20H14F4N2O3.C19H11BrF4N2O3/c1-11-7-15(19(27)28)18(25-10-11)26-17-6-5-13(9-16(17)21)12-3-2-4-14(8-12)29-20(22,23)24;20-12-8-14(18(27)28)17(25-9-12)26-16-5-4-11(7-15(16)21)10-2-1-3-13(6-10)29-19(22,23)24/h2-10H,1H3,(H,25,26)(H,27,28);1-9H,(H,25,26)(H,27,28). The second kappa shape index (κ2) is 17.6. The topological polar surface area (TPSA) is 143 Å². The van der Waals surface area contributed by atoms with E-state index in [1.54, 1.807) is 6.92 Å². The molecule has 0 unspecified atom stereocenters. The molecule has 0 fully saturated rings. The van der Waals surface area contributed by atoms with Gasteiger partial charge in [-0.05, 0) is 111 Å². The predicted molar refractivity (Wildman–Crippen MR) is 198 cm³/mol. The van der Waals surface area contributed by atoms with Gasteiger partial charge in [-0.1, -0.05) is 36.4 Å². The van der Waals surface area contributed by atoms with Crippen LogP contribution in [0.25, 0.3) is 22.3 Å². The zero-order chi connectivity index (χ0) is 42.4. The molecule has 0 spiro atoms. The maximum atomic E-state index is 14.6. The van der Waals surface area contributed by atoms with Crippen LogP contribution in [0.2, 0.25) is 0 Å². The predicted octanol–water partition coefficient (Wildman–Crippen LogP) is 11.5. The Kier molecular flexibility index (Phi) is 12.8. The molecule has 4 aromatic carbocycles. The van der Waals surface area contributed by atoms with Crippen LogP contribution in [-0.2, 0) is 0 Å². The van der Waals surface area contributed by atoms with Crippen molar-refractivity contribution < 1.29 is 64.4 Å². The number of nitrogens with one attached hydrogen (secondary N) is 2. The average Bonchev–Trinajstić information content (AvgIpc) is 3.13. The highest BCUT2D eigenvalue weighted by molar-refractivity contribution is 9.10. The zero-order valence-corrected chi connectivity index (χ0v) is 30.8. The number of alkyl halides is 6. The van der Waals surface area contributed by atoms with Gasteiger partial charge in [0.15, 0.2) is 0 Å². The van der Waals surface area contributed by atoms with Crippen molar-refractivity contribution in [1.82, 2.24) is 9.97 Å². The summed E-state index contributed by atoms with van der Waals surface area (Å²) < 4.78 is 112. The number of aryl methyl sites for hydroxylation is 1. The van der Waals surface area contributed by atoms with Gasteiger partial charge in [-0.2, -0.15) is 0 Å². The van der Waals surface area contributed by atoms with E-state index in [1.807, 2.05) is 0 Å². The van der Waals surface area contributed by atoms with Crippen LogP contribution < -0.4 is 20.1 Å². The second-order valence-corrected chi connectivity index (χ2v) is 12.8. The SMILES string of the molecule is Cc1cnc(Nc2ccc(-c3cccc(OC(F)(F)F)c3)cc2F)c(C(=O)O)c1.O=C(O)c1cc(Br)cnc1Nc1ccc(-c2cccc(OC(F)(F)F)c2)cc1F. The number of carbonyl (C=O) groups is 2. The third kappa shape index (κ3) is 11.6. The average molecular weight is 878 g/mol. The molecule has 6 rings (SSSR count). The Labute approximate surface area is 330 Å². The summed E-state index contributed by atoms with van der Waals surface area (Å²) >= 11 is 3.12. The van der Waals surface area contributed by atoms with Crippen LogP contribution in [0.15, 0.2) is 114 Å². The summed E-state index contributed by atoms with van der Waals surface area (Å²) in [5.41, 5.74) is 1.51. The normalized spacial score (nSPS) is 11.2. The van der Waals surface area contributed by atoms with E-state index in [4.69, 9.17) is 0 Å². The lowest BCUT2D eigenvalue weighted by Crippen LogP contribution is -2.17. The van der Waals surface area contributed by atoms with E-state index in [0.717, 1.165) is 36.4 Å². The molecular weight excluding hydrogens is 852 g/mol. The van der Waals surface area contributed by atoms with Gasteiger partial charge in [-0.25, -0.2) is 28.3 Å². The summed E-state index contributed by atoms with van der Waals surface area (Å²) in [4.78, 5) is 30.6. The number of pyridine rings is 2. The lowest BCUT2D eigenvalue weighted by Gasteiger charge is -2.12. The van der Waals surface area contributed by atoms with E-state index in [0.29, 0.717) is 32.3 Å². The van der Waals surface area contributed by atoms with E-state index in [2.05, 4.69) is 46.0 Å². The van der Waals surface area contributed by atoms with Crippen LogP contribution in [0, 0.1) is 18.6 Å². The van der Waals surface area contributed by atoms with Gasteiger partial charge in [0.2, 0.25) is 0 Å². The first-order valence-corrected chi connectivity index (χ1v) is 17.0. The summed E-state index contributed by atoms with van der Waals surface area (Å²) in [6.45, 7) is 1.68. The Morgan fingerprint density at radius 3 is 1.43 bits per heavy atom. The molecule has 0 atom stereocenters. The quantitative estimate of drug-likeness (QED) is 0.0982. The van der Waals surface area contributed by atoms with Crippen LogP contribution in [0.1, 0.15) is 26.3 Å². The minimum Gasteiger partial charge on any atom is -0.478 e. The van der Waals surface area contributed by atoms with E-state index in [9.17, 15) is 54.9 Å². The molecule has 6 aromatic rings. The molecule has 2 heterocycles. The molecule has 0 aliphatic carbocycles. The second-order valence-electron chi connectivity index (χ2n) is 11.9. The van der Waals surface area contributed by atoms with Crippen molar-refractivity contribution >= 4 is 50.9 Å². The number of benzene rings is 4. The van der Waals surface area contributed by atoms with Crippen molar-refractivity contribution in [3.05, 3.63) is 142 Å². The lowest BCUT2D eigenvalue weighted by atomic mass is 10.0.